The number of carbonyl (C=O) groups excluding carboxylic acids is 2. The number of halogens is 2. The molecule has 0 unspecified atom stereocenters. The van der Waals surface area contributed by atoms with Gasteiger partial charge in [0.25, 0.3) is 15.9 Å². The Kier molecular flexibility index (Phi) is 3.70. The summed E-state index contributed by atoms with van der Waals surface area (Å²) in [6.07, 6.45) is 0. The van der Waals surface area contributed by atoms with Crippen molar-refractivity contribution in [2.24, 2.45) is 0 Å². The lowest BCUT2D eigenvalue weighted by molar-refractivity contribution is -0.131. The molecule has 1 fully saturated rings. The van der Waals surface area contributed by atoms with E-state index in [4.69, 9.17) is 0 Å². The summed E-state index contributed by atoms with van der Waals surface area (Å²) in [6.45, 7) is 2.22. The Balaban J connectivity index is 2.23. The Morgan fingerprint density at radius 1 is 1.42 bits per heavy atom. The molecule has 19 heavy (non-hydrogen) atoms. The summed E-state index contributed by atoms with van der Waals surface area (Å²) in [7, 11) is -3.72. The molecule has 0 radical (unpaired) electrons. The van der Waals surface area contributed by atoms with Gasteiger partial charge in [0.2, 0.25) is 0 Å². The van der Waals surface area contributed by atoms with Gasteiger partial charge in [0, 0.05) is 5.56 Å². The topological polar surface area (TPSA) is 71.5 Å². The lowest BCUT2D eigenvalue weighted by Gasteiger charge is -2.42. The largest absolute Gasteiger partial charge is 0.292 e. The molecular weight excluding hydrogens is 422 g/mol. The molecule has 0 saturated carbocycles. The molecule has 0 bridgehead atoms. The Morgan fingerprint density at radius 3 is 2.42 bits per heavy atom. The van der Waals surface area contributed by atoms with Crippen LogP contribution in [0, 0.1) is 0 Å². The van der Waals surface area contributed by atoms with E-state index in [-0.39, 0.29) is 0 Å². The second-order valence-corrected chi connectivity index (χ2v) is 10.6. The quantitative estimate of drug-likeness (QED) is 0.690. The summed E-state index contributed by atoms with van der Waals surface area (Å²) in [5.74, 6) is -0.965. The number of carbonyl (C=O) groups is 2. The van der Waals surface area contributed by atoms with Gasteiger partial charge in [-0.05, 0) is 51.8 Å². The summed E-state index contributed by atoms with van der Waals surface area (Å²) in [4.78, 5) is 23.8. The smallest absolute Gasteiger partial charge is 0.259 e. The molecule has 104 valence electrons. The monoisotopic (exact) mass is 429 g/mol. The first kappa shape index (κ1) is 15.1. The average molecular weight is 431 g/mol. The minimum Gasteiger partial charge on any atom is -0.292 e. The number of hydrogen-bond donors (Lipinski definition) is 0. The van der Waals surface area contributed by atoms with Gasteiger partial charge in [-0.1, -0.05) is 0 Å². The molecule has 0 spiro atoms. The normalized spacial score (nSPS) is 20.2. The standard InChI is InChI=1S/C10H9Br2NO4S2/c1-10(2)9(15)13(19(10,16)17)4-6(14)5-3-7(11)18-8(5)12/h3H,4H2,1-2H3. The molecule has 1 amide bonds. The number of amides is 1. The van der Waals surface area contributed by atoms with Crippen LogP contribution in [0.5, 0.6) is 0 Å². The third-order valence-electron chi connectivity index (χ3n) is 2.92. The highest BCUT2D eigenvalue weighted by Gasteiger charge is 2.60. The van der Waals surface area contributed by atoms with Crippen LogP contribution in [-0.2, 0) is 14.8 Å². The molecule has 1 aliphatic rings. The van der Waals surface area contributed by atoms with Crippen LogP contribution in [-0.4, -0.2) is 35.7 Å². The molecule has 0 aliphatic carbocycles. The van der Waals surface area contributed by atoms with Crippen molar-refractivity contribution in [3.8, 4) is 0 Å². The van der Waals surface area contributed by atoms with E-state index in [9.17, 15) is 18.0 Å². The van der Waals surface area contributed by atoms with Crippen molar-refractivity contribution in [3.05, 3.63) is 19.2 Å². The first-order chi connectivity index (χ1) is 8.59. The summed E-state index contributed by atoms with van der Waals surface area (Å²) in [5.41, 5.74) is 0.365. The van der Waals surface area contributed by atoms with Crippen molar-refractivity contribution in [2.75, 3.05) is 6.54 Å². The van der Waals surface area contributed by atoms with E-state index in [1.165, 1.54) is 25.2 Å². The van der Waals surface area contributed by atoms with Crippen molar-refractivity contribution >= 4 is 64.9 Å². The number of rotatable bonds is 3. The molecule has 0 aromatic carbocycles. The Hall–Kier alpha value is -0.250. The predicted molar refractivity (Wildman–Crippen MR) is 78.8 cm³/mol. The Labute approximate surface area is 131 Å². The second kappa shape index (κ2) is 4.64. The van der Waals surface area contributed by atoms with E-state index < -0.39 is 33.0 Å². The van der Waals surface area contributed by atoms with E-state index in [1.54, 1.807) is 6.07 Å². The number of Topliss-reactive ketones (excluding diaryl/α,β-unsaturated/α-hetero) is 1. The summed E-state index contributed by atoms with van der Waals surface area (Å²) in [6, 6.07) is 1.60. The third-order valence-corrected chi connectivity index (χ3v) is 7.60. The van der Waals surface area contributed by atoms with Gasteiger partial charge in [0.15, 0.2) is 10.5 Å². The lowest BCUT2D eigenvalue weighted by Crippen LogP contribution is -2.68. The molecule has 9 heteroatoms. The van der Waals surface area contributed by atoms with E-state index in [0.717, 1.165) is 3.79 Å². The maximum Gasteiger partial charge on any atom is 0.259 e. The average Bonchev–Trinajstić information content (AvgIpc) is 2.63. The first-order valence-electron chi connectivity index (χ1n) is 5.14. The molecule has 1 aliphatic heterocycles. The third kappa shape index (κ3) is 2.20. The van der Waals surface area contributed by atoms with Gasteiger partial charge in [-0.25, -0.2) is 12.7 Å². The van der Waals surface area contributed by atoms with Crippen LogP contribution >= 0.6 is 43.2 Å². The van der Waals surface area contributed by atoms with E-state index in [2.05, 4.69) is 31.9 Å². The molecular formula is C10H9Br2NO4S2. The van der Waals surface area contributed by atoms with Gasteiger partial charge < -0.3 is 0 Å². The zero-order valence-electron chi connectivity index (χ0n) is 9.94. The fourth-order valence-corrected chi connectivity index (χ4v) is 6.00. The van der Waals surface area contributed by atoms with Gasteiger partial charge in [0.1, 0.15) is 6.54 Å². The maximum absolute atomic E-state index is 12.0. The highest BCUT2D eigenvalue weighted by atomic mass is 79.9. The summed E-state index contributed by atoms with van der Waals surface area (Å²) < 4.78 is 24.3. The van der Waals surface area contributed by atoms with Crippen LogP contribution in [0.25, 0.3) is 0 Å². The van der Waals surface area contributed by atoms with Gasteiger partial charge >= 0.3 is 0 Å². The minimum atomic E-state index is -3.72. The molecule has 5 nitrogen and oxygen atoms in total. The van der Waals surface area contributed by atoms with Crippen molar-refractivity contribution < 1.29 is 18.0 Å². The minimum absolute atomic E-state index is 0.365. The van der Waals surface area contributed by atoms with Gasteiger partial charge in [-0.2, -0.15) is 0 Å². The summed E-state index contributed by atoms with van der Waals surface area (Å²) >= 11 is 7.78. The van der Waals surface area contributed by atoms with E-state index >= 15 is 0 Å². The number of sulfonamides is 1. The van der Waals surface area contributed by atoms with Gasteiger partial charge in [-0.3, -0.25) is 9.59 Å². The maximum atomic E-state index is 12.0. The van der Waals surface area contributed by atoms with E-state index in [1.807, 2.05) is 0 Å². The Morgan fingerprint density at radius 2 is 2.00 bits per heavy atom. The van der Waals surface area contributed by atoms with Gasteiger partial charge in [0.05, 0.1) is 7.57 Å². The zero-order valence-corrected chi connectivity index (χ0v) is 14.7. The number of thiophene rings is 1. The van der Waals surface area contributed by atoms with Crippen LogP contribution in [0.4, 0.5) is 0 Å². The van der Waals surface area contributed by atoms with Gasteiger partial charge in [-0.15, -0.1) is 11.3 Å². The summed E-state index contributed by atoms with van der Waals surface area (Å²) in [5, 5.41) is 0. The molecule has 2 rings (SSSR count). The fourth-order valence-electron chi connectivity index (χ4n) is 1.66. The molecule has 1 saturated heterocycles. The van der Waals surface area contributed by atoms with Crippen molar-refractivity contribution in [3.63, 3.8) is 0 Å². The SMILES string of the molecule is CC1(C)C(=O)N(CC(=O)c2cc(Br)sc2Br)S1(=O)=O. The lowest BCUT2D eigenvalue weighted by atomic mass is 10.1. The fraction of sp³-hybridized carbons (Fsp3) is 0.400. The van der Waals surface area contributed by atoms with Crippen molar-refractivity contribution in [1.29, 1.82) is 0 Å². The van der Waals surface area contributed by atoms with E-state index in [0.29, 0.717) is 13.7 Å². The molecule has 2 heterocycles. The molecule has 0 atom stereocenters. The van der Waals surface area contributed by atoms with Crippen LogP contribution in [0.1, 0.15) is 24.2 Å². The number of hydrogen-bond acceptors (Lipinski definition) is 5. The second-order valence-electron chi connectivity index (χ2n) is 4.49. The highest BCUT2D eigenvalue weighted by Crippen LogP contribution is 2.36. The number of nitrogens with zero attached hydrogens (tertiary/aromatic N) is 1. The number of ketones is 1. The van der Waals surface area contributed by atoms with Crippen LogP contribution in [0.2, 0.25) is 0 Å². The molecule has 1 aromatic rings. The van der Waals surface area contributed by atoms with Crippen LogP contribution in [0.3, 0.4) is 0 Å². The highest BCUT2D eigenvalue weighted by molar-refractivity contribution is 9.12. The van der Waals surface area contributed by atoms with Crippen molar-refractivity contribution in [1.82, 2.24) is 4.31 Å². The first-order valence-corrected chi connectivity index (χ1v) is 8.98. The molecule has 0 N–H and O–H groups in total. The van der Waals surface area contributed by atoms with Crippen LogP contribution < -0.4 is 0 Å². The zero-order chi connectivity index (χ0) is 14.6. The molecule has 1 aromatic heterocycles. The van der Waals surface area contributed by atoms with Crippen LogP contribution in [0.15, 0.2) is 13.6 Å². The Bertz CT molecular complexity index is 678. The van der Waals surface area contributed by atoms with Crippen molar-refractivity contribution in [2.45, 2.75) is 18.6 Å². The predicted octanol–water partition coefficient (Wildman–Crippen LogP) is 2.41.